The molecule has 10 nitrogen and oxygen atoms in total. The number of piperidine rings is 1. The maximum atomic E-state index is 12.9. The summed E-state index contributed by atoms with van der Waals surface area (Å²) in [5, 5.41) is 13.8. The highest BCUT2D eigenvalue weighted by Gasteiger charge is 2.26. The molecule has 31 heavy (non-hydrogen) atoms. The van der Waals surface area contributed by atoms with Crippen LogP contribution < -0.4 is 0 Å². The molecule has 0 aromatic rings. The zero-order chi connectivity index (χ0) is 22.9. The fourth-order valence-corrected chi connectivity index (χ4v) is 4.21. The zero-order valence-corrected chi connectivity index (χ0v) is 18.9. The van der Waals surface area contributed by atoms with E-state index in [1.165, 1.54) is 32.4 Å². The lowest BCUT2D eigenvalue weighted by atomic mass is 10.1. The second kappa shape index (κ2) is 16.9. The number of rotatable bonds is 4. The molecule has 1 amide bonds. The second-order valence-electron chi connectivity index (χ2n) is 8.19. The van der Waals surface area contributed by atoms with Gasteiger partial charge >= 0.3 is 0 Å². The summed E-state index contributed by atoms with van der Waals surface area (Å²) in [7, 11) is 2.17. The van der Waals surface area contributed by atoms with Gasteiger partial charge in [-0.25, -0.2) is 0 Å². The number of ether oxygens (including phenoxy) is 1. The van der Waals surface area contributed by atoms with Crippen molar-refractivity contribution in [1.29, 1.82) is 0 Å². The third kappa shape index (κ3) is 12.0. The van der Waals surface area contributed by atoms with Gasteiger partial charge in [-0.15, -0.1) is 0 Å². The van der Waals surface area contributed by atoms with Gasteiger partial charge in [0.05, 0.1) is 12.6 Å². The fraction of sp³-hybridized carbons (Fsp3) is 0.857. The Morgan fingerprint density at radius 3 is 2.19 bits per heavy atom. The summed E-state index contributed by atoms with van der Waals surface area (Å²) in [6.07, 6.45) is 6.27. The molecule has 3 aliphatic rings. The standard InChI is InChI=1S/C19H36N4O2.2CH2O2/c1-20-7-5-10-22(13-12-20)17-19(24)23-11-6-14-25-18(16-23)15-21-8-3-2-4-9-21;2*2-1-3/h18H,2-17H2,1H3;2*1H,(H,2,3). The number of likely N-dealkylation sites (tertiary alicyclic amines) is 1. The number of carbonyl (C=O) groups is 3. The molecule has 3 aliphatic heterocycles. The van der Waals surface area contributed by atoms with E-state index in [4.69, 9.17) is 24.5 Å². The molecule has 180 valence electrons. The summed E-state index contributed by atoms with van der Waals surface area (Å²) in [5.41, 5.74) is 0. The van der Waals surface area contributed by atoms with E-state index in [0.29, 0.717) is 12.5 Å². The van der Waals surface area contributed by atoms with E-state index in [9.17, 15) is 4.79 Å². The monoisotopic (exact) mass is 444 g/mol. The Morgan fingerprint density at radius 1 is 0.871 bits per heavy atom. The van der Waals surface area contributed by atoms with Crippen LogP contribution in [0.5, 0.6) is 0 Å². The third-order valence-corrected chi connectivity index (χ3v) is 5.78. The Hall–Kier alpha value is -1.75. The van der Waals surface area contributed by atoms with E-state index in [2.05, 4.69) is 26.6 Å². The number of hydrogen-bond acceptors (Lipinski definition) is 7. The average Bonchev–Trinajstić information content (AvgIpc) is 3.11. The number of likely N-dealkylation sites (N-methyl/N-ethyl adjacent to an activating group) is 1. The molecule has 0 aromatic carbocycles. The number of nitrogens with zero attached hydrogens (tertiary/aromatic N) is 4. The van der Waals surface area contributed by atoms with Gasteiger partial charge in [-0.05, 0) is 58.9 Å². The van der Waals surface area contributed by atoms with Crippen molar-refractivity contribution in [2.24, 2.45) is 0 Å². The average molecular weight is 445 g/mol. The summed E-state index contributed by atoms with van der Waals surface area (Å²) in [4.78, 5) is 38.9. The van der Waals surface area contributed by atoms with Gasteiger partial charge in [-0.2, -0.15) is 0 Å². The molecular formula is C21H40N4O6. The van der Waals surface area contributed by atoms with Crippen molar-refractivity contribution in [3.8, 4) is 0 Å². The fourth-order valence-electron chi connectivity index (χ4n) is 4.21. The van der Waals surface area contributed by atoms with Crippen LogP contribution in [0.15, 0.2) is 0 Å². The highest BCUT2D eigenvalue weighted by atomic mass is 16.5. The molecule has 10 heteroatoms. The molecule has 0 saturated carbocycles. The lowest BCUT2D eigenvalue weighted by Gasteiger charge is -2.32. The van der Waals surface area contributed by atoms with Crippen LogP contribution in [0.4, 0.5) is 0 Å². The quantitative estimate of drug-likeness (QED) is 0.584. The smallest absolute Gasteiger partial charge is 0.290 e. The summed E-state index contributed by atoms with van der Waals surface area (Å²) >= 11 is 0. The molecule has 3 heterocycles. The SMILES string of the molecule is CN1CCCN(CC(=O)N2CCCOC(CN3CCCCC3)C2)CC1.O=CO.O=CO. The maximum absolute atomic E-state index is 12.9. The number of amides is 1. The second-order valence-corrected chi connectivity index (χ2v) is 8.19. The minimum atomic E-state index is -0.250. The Labute approximate surface area is 185 Å². The van der Waals surface area contributed by atoms with Crippen LogP contribution in [0.2, 0.25) is 0 Å². The van der Waals surface area contributed by atoms with Gasteiger partial charge in [0.2, 0.25) is 5.91 Å². The van der Waals surface area contributed by atoms with E-state index >= 15 is 0 Å². The Bertz CT molecular complexity index is 498. The first-order chi connectivity index (χ1) is 15.0. The Kier molecular flexibility index (Phi) is 14.9. The number of hydrogen-bond donors (Lipinski definition) is 2. The van der Waals surface area contributed by atoms with Crippen LogP contribution in [-0.2, 0) is 19.1 Å². The van der Waals surface area contributed by atoms with E-state index in [-0.39, 0.29) is 19.0 Å². The Morgan fingerprint density at radius 2 is 1.52 bits per heavy atom. The van der Waals surface area contributed by atoms with E-state index < -0.39 is 0 Å². The van der Waals surface area contributed by atoms with Crippen LogP contribution in [-0.4, -0.2) is 134 Å². The van der Waals surface area contributed by atoms with Gasteiger partial charge in [0.25, 0.3) is 12.9 Å². The van der Waals surface area contributed by atoms with E-state index in [1.54, 1.807) is 0 Å². The lowest BCUT2D eigenvalue weighted by molar-refractivity contribution is -0.133. The van der Waals surface area contributed by atoms with Gasteiger partial charge in [0.15, 0.2) is 0 Å². The molecule has 0 radical (unpaired) electrons. The van der Waals surface area contributed by atoms with Crippen LogP contribution >= 0.6 is 0 Å². The van der Waals surface area contributed by atoms with Crippen molar-refractivity contribution in [1.82, 2.24) is 19.6 Å². The molecule has 0 spiro atoms. The molecule has 0 aromatic heterocycles. The molecule has 3 fully saturated rings. The van der Waals surface area contributed by atoms with Crippen molar-refractivity contribution in [3.05, 3.63) is 0 Å². The van der Waals surface area contributed by atoms with Crippen molar-refractivity contribution in [2.45, 2.75) is 38.2 Å². The van der Waals surface area contributed by atoms with E-state index in [0.717, 1.165) is 65.3 Å². The van der Waals surface area contributed by atoms with Gasteiger partial charge in [0.1, 0.15) is 0 Å². The lowest BCUT2D eigenvalue weighted by Crippen LogP contribution is -2.47. The molecule has 2 N–H and O–H groups in total. The predicted octanol–water partition coefficient (Wildman–Crippen LogP) is 0.129. The first-order valence-corrected chi connectivity index (χ1v) is 11.2. The van der Waals surface area contributed by atoms with Gasteiger partial charge in [0, 0.05) is 39.3 Å². The van der Waals surface area contributed by atoms with Gasteiger partial charge < -0.3 is 29.6 Å². The maximum Gasteiger partial charge on any atom is 0.290 e. The minimum absolute atomic E-state index is 0.180. The molecule has 3 rings (SSSR count). The third-order valence-electron chi connectivity index (χ3n) is 5.78. The minimum Gasteiger partial charge on any atom is -0.483 e. The molecule has 1 unspecified atom stereocenters. The highest BCUT2D eigenvalue weighted by molar-refractivity contribution is 5.78. The number of carbonyl (C=O) groups excluding carboxylic acids is 1. The number of carboxylic acid groups (broad SMARTS) is 2. The molecular weight excluding hydrogens is 404 g/mol. The van der Waals surface area contributed by atoms with Crippen molar-refractivity contribution < 1.29 is 29.3 Å². The van der Waals surface area contributed by atoms with Crippen LogP contribution in [0.3, 0.4) is 0 Å². The molecule has 0 bridgehead atoms. The van der Waals surface area contributed by atoms with Crippen LogP contribution in [0, 0.1) is 0 Å². The van der Waals surface area contributed by atoms with Gasteiger partial charge in [-0.1, -0.05) is 6.42 Å². The predicted molar refractivity (Wildman–Crippen MR) is 117 cm³/mol. The normalized spacial score (nSPS) is 23.8. The van der Waals surface area contributed by atoms with Crippen molar-refractivity contribution in [3.63, 3.8) is 0 Å². The topological polar surface area (TPSA) is 114 Å². The molecule has 0 aliphatic carbocycles. The summed E-state index contributed by atoms with van der Waals surface area (Å²) in [6, 6.07) is 0. The largest absolute Gasteiger partial charge is 0.483 e. The summed E-state index contributed by atoms with van der Waals surface area (Å²) in [6.45, 7) is 10.1. The summed E-state index contributed by atoms with van der Waals surface area (Å²) < 4.78 is 6.05. The van der Waals surface area contributed by atoms with Crippen LogP contribution in [0.1, 0.15) is 32.1 Å². The van der Waals surface area contributed by atoms with E-state index in [1.807, 2.05) is 0 Å². The molecule has 1 atom stereocenters. The molecule has 3 saturated heterocycles. The van der Waals surface area contributed by atoms with Crippen molar-refractivity contribution >= 4 is 18.9 Å². The van der Waals surface area contributed by atoms with Gasteiger partial charge in [-0.3, -0.25) is 19.3 Å². The Balaban J connectivity index is 0.000000720. The first-order valence-electron chi connectivity index (χ1n) is 11.2. The van der Waals surface area contributed by atoms with Crippen molar-refractivity contribution in [2.75, 3.05) is 79.1 Å². The highest BCUT2D eigenvalue weighted by Crippen LogP contribution is 2.13. The summed E-state index contributed by atoms with van der Waals surface area (Å²) in [5.74, 6) is 0.290. The van der Waals surface area contributed by atoms with Crippen LogP contribution in [0.25, 0.3) is 0 Å². The zero-order valence-electron chi connectivity index (χ0n) is 18.9. The first kappa shape index (κ1) is 27.3.